The zero-order valence-corrected chi connectivity index (χ0v) is 27.4. The van der Waals surface area contributed by atoms with E-state index in [-0.39, 0.29) is 11.6 Å². The third kappa shape index (κ3) is 7.64. The highest BCUT2D eigenvalue weighted by Crippen LogP contribution is 2.45. The average Bonchev–Trinajstić information content (AvgIpc) is 3.64. The fraction of sp³-hybridized carbons (Fsp3) is 0.459. The Morgan fingerprint density at radius 2 is 1.30 bits per heavy atom. The number of Topliss-reactive ketones (excluding diaryl/α,β-unsaturated/α-hetero) is 2. The first kappa shape index (κ1) is 31.6. The van der Waals surface area contributed by atoms with Crippen LogP contribution in [0.3, 0.4) is 0 Å². The van der Waals surface area contributed by atoms with Crippen LogP contribution >= 0.6 is 23.1 Å². The minimum atomic E-state index is -0.691. The first-order chi connectivity index (χ1) is 21.1. The van der Waals surface area contributed by atoms with Crippen molar-refractivity contribution in [2.45, 2.75) is 96.8 Å². The maximum atomic E-state index is 13.7. The second-order valence-corrected chi connectivity index (χ2v) is 13.9. The minimum absolute atomic E-state index is 0.0673. The molecule has 0 atom stereocenters. The van der Waals surface area contributed by atoms with E-state index < -0.39 is 5.92 Å². The highest BCUT2D eigenvalue weighted by molar-refractivity contribution is 8.18. The molecule has 4 nitrogen and oxygen atoms in total. The molecule has 43 heavy (non-hydrogen) atoms. The molecule has 0 radical (unpaired) electrons. The molecule has 226 valence electrons. The van der Waals surface area contributed by atoms with Gasteiger partial charge in [-0.2, -0.15) is 0 Å². The summed E-state index contributed by atoms with van der Waals surface area (Å²) in [4.78, 5) is 34.2. The number of thioether (sulfide) groups is 1. The Labute approximate surface area is 265 Å². The van der Waals surface area contributed by atoms with Crippen molar-refractivity contribution in [2.75, 3.05) is 13.1 Å². The number of nitrogens with zero attached hydrogens (tertiary/aromatic N) is 2. The minimum Gasteiger partial charge on any atom is -0.293 e. The molecule has 1 saturated carbocycles. The lowest BCUT2D eigenvalue weighted by molar-refractivity contribution is -0.527. The zero-order valence-electron chi connectivity index (χ0n) is 25.8. The summed E-state index contributed by atoms with van der Waals surface area (Å²) in [6, 6.07) is 20.1. The molecule has 2 aromatic carbocycles. The van der Waals surface area contributed by atoms with Gasteiger partial charge in [-0.15, -0.1) is 11.3 Å². The van der Waals surface area contributed by atoms with Crippen molar-refractivity contribution in [2.24, 2.45) is 4.99 Å². The van der Waals surface area contributed by atoms with Gasteiger partial charge in [0.05, 0.1) is 23.6 Å². The standard InChI is InChI=1S/C37H45N2O2S2/c1-3-5-7-9-11-18-24-39(25-19-12-10-8-6-4-2)37-38-33(27-20-14-13-15-21-27)36(43-37)32-34(40)31(35(32)41)30-26-28-22-16-17-23-29(28)42-30/h13-17,20-23,26,31H,3-12,18-19,24-25H2,1-2H3/q+1. The molecule has 2 heterocycles. The van der Waals surface area contributed by atoms with Crippen LogP contribution in [0.25, 0.3) is 10.1 Å². The number of hydrogen-bond donors (Lipinski definition) is 0. The quantitative estimate of drug-likeness (QED) is 0.0531. The van der Waals surface area contributed by atoms with Gasteiger partial charge in [-0.05, 0) is 48.2 Å². The van der Waals surface area contributed by atoms with Crippen molar-refractivity contribution in [3.63, 3.8) is 0 Å². The Morgan fingerprint density at radius 3 is 1.93 bits per heavy atom. The molecule has 0 bridgehead atoms. The Hall–Kier alpha value is -2.83. The highest BCUT2D eigenvalue weighted by atomic mass is 32.2. The monoisotopic (exact) mass is 613 g/mol. The number of amidine groups is 1. The predicted octanol–water partition coefficient (Wildman–Crippen LogP) is 9.72. The molecule has 3 aromatic rings. The molecule has 1 fully saturated rings. The number of aliphatic imine (C=N–C) groups is 1. The summed E-state index contributed by atoms with van der Waals surface area (Å²) in [5.74, 6) is -0.825. The summed E-state index contributed by atoms with van der Waals surface area (Å²) in [6.45, 7) is 6.44. The third-order valence-electron chi connectivity index (χ3n) is 8.47. The van der Waals surface area contributed by atoms with Gasteiger partial charge in [-0.25, -0.2) is 0 Å². The van der Waals surface area contributed by atoms with Crippen LogP contribution in [0.1, 0.15) is 107 Å². The molecule has 5 rings (SSSR count). The summed E-state index contributed by atoms with van der Waals surface area (Å²) in [5.41, 5.74) is 2.06. The van der Waals surface area contributed by atoms with E-state index in [0.717, 1.165) is 62.2 Å². The lowest BCUT2D eigenvalue weighted by atomic mass is 9.75. The molecule has 0 spiro atoms. The van der Waals surface area contributed by atoms with Crippen LogP contribution in [-0.2, 0) is 9.59 Å². The Kier molecular flexibility index (Phi) is 11.6. The van der Waals surface area contributed by atoms with Gasteiger partial charge in [0, 0.05) is 26.9 Å². The van der Waals surface area contributed by atoms with Crippen LogP contribution < -0.4 is 0 Å². The highest BCUT2D eigenvalue weighted by Gasteiger charge is 2.51. The molecular formula is C37H45N2O2S2+. The SMILES string of the molecule is CCCCCCCC[N+](CCCCCCCC)=C1N=C(c2ccccc2)C(=C2C(=O)C(c3cc4ccccc4s3)C2=O)S1. The maximum absolute atomic E-state index is 13.7. The van der Waals surface area contributed by atoms with Gasteiger partial charge in [-0.1, -0.05) is 114 Å². The van der Waals surface area contributed by atoms with Crippen LogP contribution in [0.2, 0.25) is 0 Å². The Bertz CT molecular complexity index is 1450. The number of carbonyl (C=O) groups is 2. The third-order valence-corrected chi connectivity index (χ3v) is 10.8. The fourth-order valence-electron chi connectivity index (χ4n) is 5.95. The first-order valence-corrected chi connectivity index (χ1v) is 18.0. The van der Waals surface area contributed by atoms with E-state index in [4.69, 9.17) is 4.99 Å². The molecule has 1 aliphatic carbocycles. The van der Waals surface area contributed by atoms with E-state index >= 15 is 0 Å². The summed E-state index contributed by atoms with van der Waals surface area (Å²) >= 11 is 3.09. The molecule has 6 heteroatoms. The summed E-state index contributed by atoms with van der Waals surface area (Å²) in [6.07, 6.45) is 15.0. The number of thiophene rings is 1. The molecule has 1 aromatic heterocycles. The lowest BCUT2D eigenvalue weighted by Gasteiger charge is -2.25. The fourth-order valence-corrected chi connectivity index (χ4v) is 8.31. The van der Waals surface area contributed by atoms with Gasteiger partial charge in [0.25, 0.3) is 0 Å². The van der Waals surface area contributed by atoms with Crippen LogP contribution in [0.15, 0.2) is 76.1 Å². The van der Waals surface area contributed by atoms with Crippen molar-refractivity contribution >= 4 is 55.6 Å². The topological polar surface area (TPSA) is 49.5 Å². The van der Waals surface area contributed by atoms with Crippen LogP contribution in [0, 0.1) is 0 Å². The average molecular weight is 614 g/mol. The van der Waals surface area contributed by atoms with E-state index in [1.165, 1.54) is 76.0 Å². The smallest absolute Gasteiger partial charge is 0.293 e. The van der Waals surface area contributed by atoms with Gasteiger partial charge in [-0.3, -0.25) is 14.2 Å². The molecule has 0 amide bonds. The Balaban J connectivity index is 1.41. The van der Waals surface area contributed by atoms with Gasteiger partial charge >= 0.3 is 5.17 Å². The predicted molar refractivity (Wildman–Crippen MR) is 184 cm³/mol. The van der Waals surface area contributed by atoms with Crippen molar-refractivity contribution in [1.82, 2.24) is 0 Å². The number of allylic oxidation sites excluding steroid dienone is 2. The largest absolute Gasteiger partial charge is 0.360 e. The molecule has 2 aliphatic rings. The van der Waals surface area contributed by atoms with Gasteiger partial charge in [0.1, 0.15) is 5.92 Å². The number of benzene rings is 2. The number of fused-ring (bicyclic) bond motifs is 1. The van der Waals surface area contributed by atoms with Gasteiger partial charge in [0.2, 0.25) is 0 Å². The van der Waals surface area contributed by atoms with Gasteiger partial charge < -0.3 is 0 Å². The Morgan fingerprint density at radius 1 is 0.721 bits per heavy atom. The number of ketones is 2. The van der Waals surface area contributed by atoms with Crippen molar-refractivity contribution in [3.8, 4) is 0 Å². The maximum Gasteiger partial charge on any atom is 0.360 e. The molecule has 0 unspecified atom stereocenters. The lowest BCUT2D eigenvalue weighted by Crippen LogP contribution is -2.39. The van der Waals surface area contributed by atoms with E-state index in [2.05, 4.69) is 18.4 Å². The second-order valence-electron chi connectivity index (χ2n) is 11.8. The van der Waals surface area contributed by atoms with E-state index in [1.54, 1.807) is 11.3 Å². The van der Waals surface area contributed by atoms with Crippen molar-refractivity contribution in [3.05, 3.63) is 81.6 Å². The van der Waals surface area contributed by atoms with Crippen molar-refractivity contribution in [1.29, 1.82) is 0 Å². The summed E-state index contributed by atoms with van der Waals surface area (Å²) in [5, 5.41) is 2.02. The molecule has 0 saturated heterocycles. The molecular weight excluding hydrogens is 569 g/mol. The van der Waals surface area contributed by atoms with Crippen LogP contribution in [0.5, 0.6) is 0 Å². The number of hydrogen-bond acceptors (Lipinski definition) is 4. The first-order valence-electron chi connectivity index (χ1n) is 16.4. The number of carbonyl (C=O) groups excluding carboxylic acids is 2. The number of rotatable bonds is 16. The molecule has 1 aliphatic heterocycles. The van der Waals surface area contributed by atoms with E-state index in [9.17, 15) is 9.59 Å². The normalized spacial score (nSPS) is 16.7. The van der Waals surface area contributed by atoms with E-state index in [1.807, 2.05) is 60.7 Å². The number of unbranched alkanes of at least 4 members (excludes halogenated alkanes) is 10. The van der Waals surface area contributed by atoms with E-state index in [0.29, 0.717) is 5.57 Å². The van der Waals surface area contributed by atoms with Gasteiger partial charge in [0.15, 0.2) is 17.3 Å². The second kappa shape index (κ2) is 15.8. The zero-order chi connectivity index (χ0) is 30.0. The summed E-state index contributed by atoms with van der Waals surface area (Å²) in [7, 11) is 0. The van der Waals surface area contributed by atoms with Crippen LogP contribution in [0.4, 0.5) is 0 Å². The van der Waals surface area contributed by atoms with Crippen LogP contribution in [-0.4, -0.2) is 40.1 Å². The summed E-state index contributed by atoms with van der Waals surface area (Å²) < 4.78 is 3.54. The molecule has 0 N–H and O–H groups in total. The van der Waals surface area contributed by atoms with Crippen molar-refractivity contribution < 1.29 is 14.2 Å².